The molecule has 1 aliphatic carbocycles. The topological polar surface area (TPSA) is 89.5 Å². The zero-order valence-electron chi connectivity index (χ0n) is 20.7. The Labute approximate surface area is 215 Å². The van der Waals surface area contributed by atoms with E-state index in [0.717, 1.165) is 61.3 Å². The van der Waals surface area contributed by atoms with Gasteiger partial charge in [-0.15, -0.1) is 0 Å². The van der Waals surface area contributed by atoms with Gasteiger partial charge in [-0.25, -0.2) is 14.7 Å². The first kappa shape index (κ1) is 23.4. The van der Waals surface area contributed by atoms with E-state index in [4.69, 9.17) is 18.9 Å². The molecule has 10 heteroatoms. The Kier molecular flexibility index (Phi) is 6.40. The molecular weight excluding hydrogens is 474 g/mol. The van der Waals surface area contributed by atoms with Crippen molar-refractivity contribution in [1.29, 1.82) is 0 Å². The quantitative estimate of drug-likeness (QED) is 0.587. The van der Waals surface area contributed by atoms with Gasteiger partial charge >= 0.3 is 6.09 Å². The fourth-order valence-electron chi connectivity index (χ4n) is 5.00. The number of carbonyl (C=O) groups excluding carboxylic acids is 1. The van der Waals surface area contributed by atoms with Crippen molar-refractivity contribution >= 4 is 22.8 Å². The highest BCUT2D eigenvalue weighted by atomic mass is 16.6. The number of piperazine rings is 1. The highest BCUT2D eigenvalue weighted by Crippen LogP contribution is 2.30. The molecule has 0 radical (unpaired) electrons. The van der Waals surface area contributed by atoms with Gasteiger partial charge in [0, 0.05) is 45.0 Å². The van der Waals surface area contributed by atoms with Gasteiger partial charge in [0.1, 0.15) is 17.9 Å². The maximum absolute atomic E-state index is 12.7. The Hall–Kier alpha value is -4.05. The van der Waals surface area contributed by atoms with Gasteiger partial charge in [0.15, 0.2) is 12.0 Å². The van der Waals surface area contributed by atoms with Crippen LogP contribution in [0.1, 0.15) is 12.8 Å². The van der Waals surface area contributed by atoms with Crippen LogP contribution in [0.5, 0.6) is 5.88 Å². The number of aromatic nitrogens is 2. The third-order valence-corrected chi connectivity index (χ3v) is 6.95. The zero-order chi connectivity index (χ0) is 25.2. The average molecular weight is 504 g/mol. The second-order valence-electron chi connectivity index (χ2n) is 9.29. The van der Waals surface area contributed by atoms with Crippen LogP contribution in [0, 0.1) is 0 Å². The van der Waals surface area contributed by atoms with Crippen LogP contribution in [0.15, 0.2) is 72.4 Å². The maximum atomic E-state index is 12.7. The van der Waals surface area contributed by atoms with Crippen molar-refractivity contribution in [3.05, 3.63) is 72.4 Å². The number of carbonyl (C=O) groups is 1. The molecule has 1 amide bonds. The Bertz CT molecular complexity index is 1310. The second-order valence-corrected chi connectivity index (χ2v) is 9.29. The lowest BCUT2D eigenvalue weighted by molar-refractivity contribution is 0.101. The lowest BCUT2D eigenvalue weighted by Gasteiger charge is -2.36. The number of hydrogen-bond donors (Lipinski definition) is 0. The monoisotopic (exact) mass is 503 g/mol. The average Bonchev–Trinajstić information content (AvgIpc) is 3.33. The van der Waals surface area contributed by atoms with E-state index in [9.17, 15) is 4.79 Å². The van der Waals surface area contributed by atoms with E-state index in [1.54, 1.807) is 13.4 Å². The highest BCUT2D eigenvalue weighted by Gasteiger charge is 2.37. The van der Waals surface area contributed by atoms with Gasteiger partial charge in [0.25, 0.3) is 0 Å². The molecule has 0 saturated carbocycles. The number of amides is 1. The van der Waals surface area contributed by atoms with Crippen LogP contribution >= 0.6 is 0 Å². The van der Waals surface area contributed by atoms with Gasteiger partial charge in [0.2, 0.25) is 11.8 Å². The standard InChI is InChI=1S/C27H29N5O5/c1-34-24-8-7-21-26(29-24)22(9-10-28-21)31-13-11-30(12-14-31)15-20-16-32(27(33)36-20)25-18-35-17-23(37-25)19-5-3-2-4-6-19/h2-3,5,7-10,17-18,20H,4,6,11-16H2,1H3/t20-/m1/s1. The number of pyridine rings is 2. The smallest absolute Gasteiger partial charge is 0.417 e. The lowest BCUT2D eigenvalue weighted by Crippen LogP contribution is -2.49. The third-order valence-electron chi connectivity index (χ3n) is 6.95. The number of methoxy groups -OCH3 is 1. The number of rotatable bonds is 6. The summed E-state index contributed by atoms with van der Waals surface area (Å²) in [5, 5.41) is 0. The molecule has 2 fully saturated rings. The van der Waals surface area contributed by atoms with E-state index >= 15 is 0 Å². The number of hydrogen-bond acceptors (Lipinski definition) is 9. The summed E-state index contributed by atoms with van der Waals surface area (Å²) in [5.41, 5.74) is 3.78. The molecule has 37 heavy (non-hydrogen) atoms. The first-order chi connectivity index (χ1) is 18.2. The van der Waals surface area contributed by atoms with Gasteiger partial charge < -0.3 is 23.8 Å². The summed E-state index contributed by atoms with van der Waals surface area (Å²) in [6, 6.07) is 5.76. The number of ether oxygens (including phenoxy) is 4. The van der Waals surface area contributed by atoms with Gasteiger partial charge in [-0.1, -0.05) is 18.2 Å². The minimum atomic E-state index is -0.416. The summed E-state index contributed by atoms with van der Waals surface area (Å²) in [6.07, 6.45) is 12.1. The van der Waals surface area contributed by atoms with E-state index in [1.165, 1.54) is 11.2 Å². The number of cyclic esters (lactones) is 1. The van der Waals surface area contributed by atoms with E-state index in [-0.39, 0.29) is 6.10 Å². The van der Waals surface area contributed by atoms with Crippen molar-refractivity contribution in [2.45, 2.75) is 18.9 Å². The molecule has 0 spiro atoms. The predicted molar refractivity (Wildman–Crippen MR) is 137 cm³/mol. The normalized spacial score (nSPS) is 22.1. The molecule has 0 aromatic carbocycles. The molecule has 0 bridgehead atoms. The second kappa shape index (κ2) is 10.1. The summed E-state index contributed by atoms with van der Waals surface area (Å²) in [4.78, 5) is 27.9. The summed E-state index contributed by atoms with van der Waals surface area (Å²) in [5.74, 6) is 1.56. The zero-order valence-corrected chi connectivity index (χ0v) is 20.7. The van der Waals surface area contributed by atoms with E-state index in [2.05, 4.69) is 25.8 Å². The van der Waals surface area contributed by atoms with Crippen molar-refractivity contribution in [1.82, 2.24) is 19.8 Å². The lowest BCUT2D eigenvalue weighted by atomic mass is 10.0. The van der Waals surface area contributed by atoms with Crippen molar-refractivity contribution < 1.29 is 23.7 Å². The molecule has 10 nitrogen and oxygen atoms in total. The van der Waals surface area contributed by atoms with Crippen LogP contribution in [0.2, 0.25) is 0 Å². The van der Waals surface area contributed by atoms with Crippen molar-refractivity contribution in [3.63, 3.8) is 0 Å². The number of allylic oxidation sites excluding steroid dienone is 4. The molecule has 192 valence electrons. The van der Waals surface area contributed by atoms with Gasteiger partial charge in [-0.2, -0.15) is 0 Å². The Morgan fingerprint density at radius 3 is 2.84 bits per heavy atom. The van der Waals surface area contributed by atoms with Crippen molar-refractivity contribution in [3.8, 4) is 5.88 Å². The van der Waals surface area contributed by atoms with Crippen molar-refractivity contribution in [2.75, 3.05) is 51.3 Å². The van der Waals surface area contributed by atoms with Crippen LogP contribution < -0.4 is 9.64 Å². The summed E-state index contributed by atoms with van der Waals surface area (Å²) >= 11 is 0. The largest absolute Gasteiger partial charge is 0.481 e. The predicted octanol–water partition coefficient (Wildman–Crippen LogP) is 3.54. The Balaban J connectivity index is 1.05. The molecule has 2 aromatic rings. The molecule has 6 rings (SSSR count). The number of fused-ring (bicyclic) bond motifs is 1. The summed E-state index contributed by atoms with van der Waals surface area (Å²) < 4.78 is 22.5. The molecule has 2 aromatic heterocycles. The van der Waals surface area contributed by atoms with Crippen LogP contribution in [-0.2, 0) is 14.2 Å². The van der Waals surface area contributed by atoms with Crippen LogP contribution in [0.25, 0.3) is 11.0 Å². The molecule has 0 unspecified atom stereocenters. The Morgan fingerprint density at radius 2 is 2.03 bits per heavy atom. The molecule has 1 atom stereocenters. The fraction of sp³-hybridized carbons (Fsp3) is 0.370. The fourth-order valence-corrected chi connectivity index (χ4v) is 5.00. The molecule has 4 aliphatic rings. The summed E-state index contributed by atoms with van der Waals surface area (Å²) in [7, 11) is 1.62. The van der Waals surface area contributed by atoms with Crippen LogP contribution in [0.3, 0.4) is 0 Å². The molecule has 2 saturated heterocycles. The highest BCUT2D eigenvalue weighted by molar-refractivity contribution is 5.88. The first-order valence-electron chi connectivity index (χ1n) is 12.5. The van der Waals surface area contributed by atoms with E-state index in [1.807, 2.05) is 36.5 Å². The number of anilines is 1. The van der Waals surface area contributed by atoms with Crippen LogP contribution in [0.4, 0.5) is 10.5 Å². The maximum Gasteiger partial charge on any atom is 0.417 e. The van der Waals surface area contributed by atoms with E-state index < -0.39 is 6.09 Å². The van der Waals surface area contributed by atoms with Gasteiger partial charge in [0.05, 0.1) is 24.9 Å². The van der Waals surface area contributed by atoms with Gasteiger partial charge in [-0.3, -0.25) is 9.88 Å². The van der Waals surface area contributed by atoms with Crippen molar-refractivity contribution in [2.24, 2.45) is 0 Å². The SMILES string of the molecule is COc1ccc2nccc(N3CCN(C[C@@H]4CN(C5=COC=C(C6=CC=CCC6)O5)C(=O)O4)CC3)c2n1. The first-order valence-corrected chi connectivity index (χ1v) is 12.5. The third kappa shape index (κ3) is 4.84. The minimum Gasteiger partial charge on any atom is -0.481 e. The van der Waals surface area contributed by atoms with Gasteiger partial charge in [-0.05, 0) is 30.5 Å². The van der Waals surface area contributed by atoms with Crippen LogP contribution in [-0.4, -0.2) is 78.3 Å². The molecular formula is C27H29N5O5. The summed E-state index contributed by atoms with van der Waals surface area (Å²) in [6.45, 7) is 4.44. The minimum absolute atomic E-state index is 0.248. The number of nitrogens with zero attached hydrogens (tertiary/aromatic N) is 5. The molecule has 5 heterocycles. The van der Waals surface area contributed by atoms with E-state index in [0.29, 0.717) is 30.6 Å². The molecule has 0 N–H and O–H groups in total. The Morgan fingerprint density at radius 1 is 1.14 bits per heavy atom. The molecule has 3 aliphatic heterocycles.